The van der Waals surface area contributed by atoms with Gasteiger partial charge in [-0.3, -0.25) is 0 Å². The fourth-order valence-corrected chi connectivity index (χ4v) is 3.07. The van der Waals surface area contributed by atoms with E-state index in [0.29, 0.717) is 0 Å². The molecule has 1 aliphatic carbocycles. The number of allylic oxidation sites excluding steroid dienone is 3. The normalized spacial score (nSPS) is 16.2. The van der Waals surface area contributed by atoms with Crippen molar-refractivity contribution in [1.82, 2.24) is 5.32 Å². The Morgan fingerprint density at radius 1 is 1.16 bits per heavy atom. The van der Waals surface area contributed by atoms with Crippen LogP contribution in [0.15, 0.2) is 22.8 Å². The predicted octanol–water partition coefficient (Wildman–Crippen LogP) is 5.38. The summed E-state index contributed by atoms with van der Waals surface area (Å²) in [4.78, 5) is 0. The zero-order chi connectivity index (χ0) is 13.9. The summed E-state index contributed by atoms with van der Waals surface area (Å²) in [6.45, 7) is 5.68. The number of unbranched alkanes of at least 4 members (excludes halogenated alkanes) is 1. The second kappa shape index (κ2) is 10.3. The fourth-order valence-electron chi connectivity index (χ4n) is 3.07. The molecule has 0 bridgehead atoms. The summed E-state index contributed by atoms with van der Waals surface area (Å²) >= 11 is 0. The molecule has 0 heterocycles. The first-order valence-electron chi connectivity index (χ1n) is 8.28. The molecule has 1 fully saturated rings. The molecule has 0 spiro atoms. The molecular weight excluding hydrogens is 230 g/mol. The van der Waals surface area contributed by atoms with Crippen LogP contribution < -0.4 is 5.32 Å². The number of hydrogen-bond donors (Lipinski definition) is 1. The minimum Gasteiger partial charge on any atom is -0.319 e. The Morgan fingerprint density at radius 2 is 1.89 bits per heavy atom. The van der Waals surface area contributed by atoms with E-state index < -0.39 is 0 Å². The van der Waals surface area contributed by atoms with Gasteiger partial charge in [0.2, 0.25) is 0 Å². The standard InChI is InChI=1S/C18H33N/c1-4-9-16(2)10-5-6-13-18(14-15-19-3)17-11-7-8-12-17/h10,19H,4-9,11-15H2,1-3H3. The van der Waals surface area contributed by atoms with E-state index in [1.807, 2.05) is 0 Å². The monoisotopic (exact) mass is 263 g/mol. The van der Waals surface area contributed by atoms with Gasteiger partial charge in [-0.25, -0.2) is 0 Å². The van der Waals surface area contributed by atoms with Crippen LogP contribution in [0.25, 0.3) is 0 Å². The summed E-state index contributed by atoms with van der Waals surface area (Å²) in [5, 5.41) is 3.30. The number of rotatable bonds is 9. The molecule has 0 saturated heterocycles. The van der Waals surface area contributed by atoms with Crippen LogP contribution in [0, 0.1) is 0 Å². The Morgan fingerprint density at radius 3 is 2.53 bits per heavy atom. The first kappa shape index (κ1) is 16.5. The summed E-state index contributed by atoms with van der Waals surface area (Å²) < 4.78 is 0. The molecule has 1 rings (SSSR count). The SMILES string of the molecule is CCCC(C)=CCCCC(CCNC)=C1CCCC1. The number of nitrogens with one attached hydrogen (secondary N) is 1. The van der Waals surface area contributed by atoms with Crippen molar-refractivity contribution in [1.29, 1.82) is 0 Å². The minimum absolute atomic E-state index is 1.14. The van der Waals surface area contributed by atoms with Gasteiger partial charge in [-0.1, -0.05) is 36.1 Å². The zero-order valence-electron chi connectivity index (χ0n) is 13.4. The highest BCUT2D eigenvalue weighted by Crippen LogP contribution is 2.30. The van der Waals surface area contributed by atoms with Crippen LogP contribution in [0.2, 0.25) is 0 Å². The van der Waals surface area contributed by atoms with E-state index in [9.17, 15) is 0 Å². The van der Waals surface area contributed by atoms with Crippen molar-refractivity contribution in [2.24, 2.45) is 0 Å². The van der Waals surface area contributed by atoms with Gasteiger partial charge in [0.1, 0.15) is 0 Å². The van der Waals surface area contributed by atoms with Gasteiger partial charge in [-0.15, -0.1) is 0 Å². The summed E-state index contributed by atoms with van der Waals surface area (Å²) in [6.07, 6.45) is 15.8. The first-order valence-corrected chi connectivity index (χ1v) is 8.28. The molecule has 0 aromatic heterocycles. The molecule has 19 heavy (non-hydrogen) atoms. The molecule has 0 atom stereocenters. The van der Waals surface area contributed by atoms with E-state index >= 15 is 0 Å². The van der Waals surface area contributed by atoms with Crippen molar-refractivity contribution >= 4 is 0 Å². The van der Waals surface area contributed by atoms with Gasteiger partial charge in [0, 0.05) is 0 Å². The molecule has 0 radical (unpaired) electrons. The largest absolute Gasteiger partial charge is 0.319 e. The van der Waals surface area contributed by atoms with E-state index in [-0.39, 0.29) is 0 Å². The Balaban J connectivity index is 2.37. The molecule has 1 nitrogen and oxygen atoms in total. The van der Waals surface area contributed by atoms with Gasteiger partial charge >= 0.3 is 0 Å². The van der Waals surface area contributed by atoms with E-state index in [1.165, 1.54) is 64.2 Å². The molecule has 1 aliphatic rings. The van der Waals surface area contributed by atoms with Crippen LogP contribution in [0.5, 0.6) is 0 Å². The predicted molar refractivity (Wildman–Crippen MR) is 86.6 cm³/mol. The van der Waals surface area contributed by atoms with E-state index in [2.05, 4.69) is 32.3 Å². The van der Waals surface area contributed by atoms with Gasteiger partial charge in [-0.05, 0) is 78.3 Å². The van der Waals surface area contributed by atoms with Crippen molar-refractivity contribution in [3.8, 4) is 0 Å². The maximum Gasteiger partial charge on any atom is -0.00145 e. The van der Waals surface area contributed by atoms with Crippen molar-refractivity contribution in [3.05, 3.63) is 22.8 Å². The van der Waals surface area contributed by atoms with E-state index in [4.69, 9.17) is 0 Å². The third-order valence-electron chi connectivity index (χ3n) is 4.20. The lowest BCUT2D eigenvalue weighted by molar-refractivity contribution is 0.715. The van der Waals surface area contributed by atoms with Gasteiger partial charge < -0.3 is 5.32 Å². The average molecular weight is 263 g/mol. The fraction of sp³-hybridized carbons (Fsp3) is 0.778. The van der Waals surface area contributed by atoms with E-state index in [0.717, 1.165) is 6.54 Å². The molecule has 0 unspecified atom stereocenters. The lowest BCUT2D eigenvalue weighted by Crippen LogP contribution is -2.09. The van der Waals surface area contributed by atoms with Crippen LogP contribution in [0.3, 0.4) is 0 Å². The van der Waals surface area contributed by atoms with Gasteiger partial charge in [0.15, 0.2) is 0 Å². The highest BCUT2D eigenvalue weighted by Gasteiger charge is 2.11. The molecule has 0 amide bonds. The summed E-state index contributed by atoms with van der Waals surface area (Å²) in [7, 11) is 2.06. The maximum absolute atomic E-state index is 3.30. The summed E-state index contributed by atoms with van der Waals surface area (Å²) in [6, 6.07) is 0. The Bertz CT molecular complexity index is 291. The van der Waals surface area contributed by atoms with Gasteiger partial charge in [0.25, 0.3) is 0 Å². The molecule has 0 aromatic carbocycles. The summed E-state index contributed by atoms with van der Waals surface area (Å²) in [5.41, 5.74) is 5.14. The smallest absolute Gasteiger partial charge is 0.00145 e. The van der Waals surface area contributed by atoms with Crippen LogP contribution in [-0.4, -0.2) is 13.6 Å². The minimum atomic E-state index is 1.14. The third kappa shape index (κ3) is 6.96. The molecular formula is C18H33N. The van der Waals surface area contributed by atoms with Crippen molar-refractivity contribution in [2.45, 2.75) is 78.1 Å². The lowest BCUT2D eigenvalue weighted by Gasteiger charge is -2.11. The Kier molecular flexibility index (Phi) is 8.90. The molecule has 0 aromatic rings. The second-order valence-corrected chi connectivity index (χ2v) is 5.96. The van der Waals surface area contributed by atoms with Crippen molar-refractivity contribution in [2.75, 3.05) is 13.6 Å². The molecule has 1 N–H and O–H groups in total. The van der Waals surface area contributed by atoms with Crippen LogP contribution in [0.1, 0.15) is 78.1 Å². The average Bonchev–Trinajstić information content (AvgIpc) is 2.92. The van der Waals surface area contributed by atoms with Gasteiger partial charge in [-0.2, -0.15) is 0 Å². The zero-order valence-corrected chi connectivity index (χ0v) is 13.4. The van der Waals surface area contributed by atoms with Crippen LogP contribution >= 0.6 is 0 Å². The Hall–Kier alpha value is -0.560. The lowest BCUT2D eigenvalue weighted by atomic mass is 9.97. The molecule has 1 heteroatoms. The molecule has 1 saturated carbocycles. The Labute approximate surface area is 120 Å². The van der Waals surface area contributed by atoms with Crippen molar-refractivity contribution in [3.63, 3.8) is 0 Å². The molecule has 110 valence electrons. The maximum atomic E-state index is 3.30. The highest BCUT2D eigenvalue weighted by molar-refractivity contribution is 5.17. The number of hydrogen-bond acceptors (Lipinski definition) is 1. The molecule has 0 aliphatic heterocycles. The highest BCUT2D eigenvalue weighted by atomic mass is 14.8. The van der Waals surface area contributed by atoms with Crippen molar-refractivity contribution < 1.29 is 0 Å². The topological polar surface area (TPSA) is 12.0 Å². The quantitative estimate of drug-likeness (QED) is 0.435. The first-order chi connectivity index (χ1) is 9.27. The summed E-state index contributed by atoms with van der Waals surface area (Å²) in [5.74, 6) is 0. The van der Waals surface area contributed by atoms with E-state index in [1.54, 1.807) is 16.7 Å². The second-order valence-electron chi connectivity index (χ2n) is 5.96. The van der Waals surface area contributed by atoms with Crippen LogP contribution in [0.4, 0.5) is 0 Å². The van der Waals surface area contributed by atoms with Gasteiger partial charge in [0.05, 0.1) is 0 Å². The van der Waals surface area contributed by atoms with Crippen LogP contribution in [-0.2, 0) is 0 Å². The third-order valence-corrected chi connectivity index (χ3v) is 4.20.